The number of anilines is 2. The highest BCUT2D eigenvalue weighted by molar-refractivity contribution is 5.68. The van der Waals surface area contributed by atoms with Gasteiger partial charge in [-0.3, -0.25) is 10.1 Å². The molecule has 1 amide bonds. The van der Waals surface area contributed by atoms with E-state index in [2.05, 4.69) is 10.6 Å². The monoisotopic (exact) mass is 284 g/mol. The molecule has 20 heavy (non-hydrogen) atoms. The number of carbonyl (C=O) groups is 1. The van der Waals surface area contributed by atoms with Gasteiger partial charge in [-0.2, -0.15) is 0 Å². The van der Waals surface area contributed by atoms with E-state index in [1.807, 2.05) is 0 Å². The van der Waals surface area contributed by atoms with Crippen molar-refractivity contribution in [3.8, 4) is 0 Å². The van der Waals surface area contributed by atoms with Crippen LogP contribution in [0.5, 0.6) is 0 Å². The molecule has 5 N–H and O–H groups in total. The standard InChI is InChI=1S/C11H16N4O5/c12-8-1-2-9(10(7-8)15(18)19)13-4-6-20-11(17)14-3-5-16/h1-2,7,13,16H,3-6,12H2,(H,14,17). The van der Waals surface area contributed by atoms with Gasteiger partial charge in [0.2, 0.25) is 0 Å². The third-order valence-corrected chi connectivity index (χ3v) is 2.25. The Kier molecular flexibility index (Phi) is 6.04. The molecule has 0 saturated carbocycles. The first-order valence-electron chi connectivity index (χ1n) is 5.84. The lowest BCUT2D eigenvalue weighted by Crippen LogP contribution is -2.28. The fourth-order valence-electron chi connectivity index (χ4n) is 1.39. The largest absolute Gasteiger partial charge is 0.448 e. The molecule has 9 nitrogen and oxygen atoms in total. The number of nitro groups is 1. The van der Waals surface area contributed by atoms with Crippen LogP contribution in [0.1, 0.15) is 0 Å². The van der Waals surface area contributed by atoms with Gasteiger partial charge in [0, 0.05) is 24.8 Å². The minimum Gasteiger partial charge on any atom is -0.448 e. The second kappa shape index (κ2) is 7.79. The van der Waals surface area contributed by atoms with Crippen LogP contribution in [-0.2, 0) is 4.74 Å². The number of nitro benzene ring substituents is 1. The summed E-state index contributed by atoms with van der Waals surface area (Å²) in [6, 6.07) is 4.26. The van der Waals surface area contributed by atoms with Crippen molar-refractivity contribution in [1.82, 2.24) is 5.32 Å². The average molecular weight is 284 g/mol. The first-order valence-corrected chi connectivity index (χ1v) is 5.84. The zero-order chi connectivity index (χ0) is 15.0. The number of aliphatic hydroxyl groups is 1. The van der Waals surface area contributed by atoms with E-state index in [9.17, 15) is 14.9 Å². The van der Waals surface area contributed by atoms with Gasteiger partial charge in [-0.15, -0.1) is 0 Å². The molecule has 0 bridgehead atoms. The predicted molar refractivity (Wildman–Crippen MR) is 72.4 cm³/mol. The maximum atomic E-state index is 11.0. The van der Waals surface area contributed by atoms with E-state index in [0.29, 0.717) is 11.4 Å². The summed E-state index contributed by atoms with van der Waals surface area (Å²) in [5.41, 5.74) is 5.92. The van der Waals surface area contributed by atoms with Crippen LogP contribution in [0, 0.1) is 10.1 Å². The Morgan fingerprint density at radius 3 is 2.85 bits per heavy atom. The predicted octanol–water partition coefficient (Wildman–Crippen LogP) is 0.307. The molecular formula is C11H16N4O5. The normalized spacial score (nSPS) is 9.85. The lowest BCUT2D eigenvalue weighted by molar-refractivity contribution is -0.383. The molecule has 1 aromatic carbocycles. The molecule has 110 valence electrons. The number of alkyl carbamates (subject to hydrolysis) is 1. The highest BCUT2D eigenvalue weighted by Gasteiger charge is 2.13. The lowest BCUT2D eigenvalue weighted by atomic mass is 10.2. The number of rotatable bonds is 7. The molecule has 9 heteroatoms. The SMILES string of the molecule is Nc1ccc(NCCOC(=O)NCCO)c([N+](=O)[O-])c1. The summed E-state index contributed by atoms with van der Waals surface area (Å²) in [7, 11) is 0. The average Bonchev–Trinajstić information content (AvgIpc) is 2.42. The Hall–Kier alpha value is -2.55. The third-order valence-electron chi connectivity index (χ3n) is 2.25. The van der Waals surface area contributed by atoms with E-state index in [1.165, 1.54) is 18.2 Å². The summed E-state index contributed by atoms with van der Waals surface area (Å²) >= 11 is 0. The summed E-state index contributed by atoms with van der Waals surface area (Å²) in [6.07, 6.45) is -0.660. The number of ether oxygens (including phenoxy) is 1. The molecule has 0 atom stereocenters. The Morgan fingerprint density at radius 2 is 2.20 bits per heavy atom. The van der Waals surface area contributed by atoms with Crippen LogP contribution in [-0.4, -0.2) is 42.4 Å². The van der Waals surface area contributed by atoms with E-state index in [-0.39, 0.29) is 32.0 Å². The molecule has 0 fully saturated rings. The lowest BCUT2D eigenvalue weighted by Gasteiger charge is -2.09. The van der Waals surface area contributed by atoms with Crippen molar-refractivity contribution in [1.29, 1.82) is 0 Å². The maximum Gasteiger partial charge on any atom is 0.407 e. The quantitative estimate of drug-likeness (QED) is 0.244. The van der Waals surface area contributed by atoms with Gasteiger partial charge in [0.1, 0.15) is 12.3 Å². The number of nitrogens with zero attached hydrogens (tertiary/aromatic N) is 1. The van der Waals surface area contributed by atoms with E-state index < -0.39 is 11.0 Å². The van der Waals surface area contributed by atoms with Crippen LogP contribution < -0.4 is 16.4 Å². The van der Waals surface area contributed by atoms with Crippen molar-refractivity contribution in [2.45, 2.75) is 0 Å². The topological polar surface area (TPSA) is 140 Å². The van der Waals surface area contributed by atoms with E-state index in [4.69, 9.17) is 15.6 Å². The van der Waals surface area contributed by atoms with Crippen LogP contribution in [0.4, 0.5) is 21.9 Å². The van der Waals surface area contributed by atoms with Crippen LogP contribution in [0.15, 0.2) is 18.2 Å². The molecule has 0 aliphatic rings. The summed E-state index contributed by atoms with van der Waals surface area (Å²) in [6.45, 7) is 0.163. The van der Waals surface area contributed by atoms with Crippen LogP contribution in [0.25, 0.3) is 0 Å². The molecule has 0 unspecified atom stereocenters. The number of nitrogen functional groups attached to an aromatic ring is 1. The third kappa shape index (κ3) is 4.98. The molecule has 0 aliphatic heterocycles. The number of carbonyl (C=O) groups excluding carboxylic acids is 1. The molecule has 0 saturated heterocycles. The summed E-state index contributed by atoms with van der Waals surface area (Å²) in [5.74, 6) is 0. The Labute approximate surface area is 114 Å². The summed E-state index contributed by atoms with van der Waals surface area (Å²) in [4.78, 5) is 21.3. The Morgan fingerprint density at radius 1 is 1.45 bits per heavy atom. The van der Waals surface area contributed by atoms with Gasteiger partial charge in [0.15, 0.2) is 0 Å². The maximum absolute atomic E-state index is 11.0. The van der Waals surface area contributed by atoms with Crippen molar-refractivity contribution in [3.63, 3.8) is 0 Å². The van der Waals surface area contributed by atoms with Gasteiger partial charge in [0.05, 0.1) is 11.5 Å². The van der Waals surface area contributed by atoms with Gasteiger partial charge in [0.25, 0.3) is 5.69 Å². The fourth-order valence-corrected chi connectivity index (χ4v) is 1.39. The zero-order valence-electron chi connectivity index (χ0n) is 10.7. The molecule has 0 aliphatic carbocycles. The van der Waals surface area contributed by atoms with Crippen molar-refractivity contribution < 1.29 is 19.6 Å². The number of benzene rings is 1. The first-order chi connectivity index (χ1) is 9.54. The van der Waals surface area contributed by atoms with Crippen molar-refractivity contribution in [2.24, 2.45) is 0 Å². The van der Waals surface area contributed by atoms with E-state index >= 15 is 0 Å². The van der Waals surface area contributed by atoms with Crippen LogP contribution in [0.2, 0.25) is 0 Å². The Bertz CT molecular complexity index is 480. The molecule has 1 rings (SSSR count). The highest BCUT2D eigenvalue weighted by atomic mass is 16.6. The van der Waals surface area contributed by atoms with E-state index in [1.54, 1.807) is 0 Å². The fraction of sp³-hybridized carbons (Fsp3) is 0.364. The van der Waals surface area contributed by atoms with Crippen molar-refractivity contribution in [3.05, 3.63) is 28.3 Å². The van der Waals surface area contributed by atoms with Crippen LogP contribution in [0.3, 0.4) is 0 Å². The van der Waals surface area contributed by atoms with Gasteiger partial charge < -0.3 is 26.2 Å². The molecular weight excluding hydrogens is 268 g/mol. The molecule has 0 radical (unpaired) electrons. The van der Waals surface area contributed by atoms with Crippen molar-refractivity contribution >= 4 is 23.2 Å². The molecule has 0 aromatic heterocycles. The van der Waals surface area contributed by atoms with Crippen molar-refractivity contribution in [2.75, 3.05) is 37.4 Å². The van der Waals surface area contributed by atoms with Gasteiger partial charge in [-0.1, -0.05) is 0 Å². The van der Waals surface area contributed by atoms with E-state index in [0.717, 1.165) is 0 Å². The molecule has 1 aromatic rings. The second-order valence-electron chi connectivity index (χ2n) is 3.75. The summed E-state index contributed by atoms with van der Waals surface area (Å²) in [5, 5.41) is 24.4. The number of hydrogen-bond donors (Lipinski definition) is 4. The molecule has 0 heterocycles. The number of hydrogen-bond acceptors (Lipinski definition) is 7. The summed E-state index contributed by atoms with van der Waals surface area (Å²) < 4.78 is 4.77. The zero-order valence-corrected chi connectivity index (χ0v) is 10.7. The number of amides is 1. The Balaban J connectivity index is 2.42. The smallest absolute Gasteiger partial charge is 0.407 e. The minimum absolute atomic E-state index is 0.0266. The first kappa shape index (κ1) is 15.5. The van der Waals surface area contributed by atoms with Crippen LogP contribution >= 0.6 is 0 Å². The highest BCUT2D eigenvalue weighted by Crippen LogP contribution is 2.26. The van der Waals surface area contributed by atoms with Gasteiger partial charge in [-0.25, -0.2) is 4.79 Å². The minimum atomic E-state index is -0.660. The number of nitrogens with two attached hydrogens (primary N) is 1. The molecule has 0 spiro atoms. The van der Waals surface area contributed by atoms with Gasteiger partial charge >= 0.3 is 6.09 Å². The number of nitrogens with one attached hydrogen (secondary N) is 2. The number of aliphatic hydroxyl groups excluding tert-OH is 1. The van der Waals surface area contributed by atoms with Gasteiger partial charge in [-0.05, 0) is 12.1 Å². The second-order valence-corrected chi connectivity index (χ2v) is 3.75.